The molecule has 0 saturated heterocycles. The average molecular weight is 256 g/mol. The van der Waals surface area contributed by atoms with Gasteiger partial charge in [-0.25, -0.2) is 4.98 Å². The van der Waals surface area contributed by atoms with Crippen LogP contribution in [-0.4, -0.2) is 19.0 Å². The van der Waals surface area contributed by atoms with Crippen molar-refractivity contribution < 1.29 is 4.92 Å². The highest BCUT2D eigenvalue weighted by Crippen LogP contribution is 2.22. The van der Waals surface area contributed by atoms with E-state index in [1.165, 1.54) is 6.07 Å². The van der Waals surface area contributed by atoms with Crippen LogP contribution in [0.15, 0.2) is 43.0 Å². The Hall–Kier alpha value is -2.63. The molecule has 0 radical (unpaired) electrons. The molecule has 0 aliphatic rings. The Balaban J connectivity index is 2.06. The van der Waals surface area contributed by atoms with E-state index < -0.39 is 0 Å². The first kappa shape index (κ1) is 11.5. The van der Waals surface area contributed by atoms with Crippen LogP contribution in [0.1, 0.15) is 5.69 Å². The largest absolute Gasteiger partial charge is 0.341 e. The Morgan fingerprint density at radius 1 is 1.37 bits per heavy atom. The molecule has 19 heavy (non-hydrogen) atoms. The van der Waals surface area contributed by atoms with Crippen LogP contribution in [0.25, 0.3) is 10.9 Å². The molecule has 1 aromatic carbocycles. The second-order valence-corrected chi connectivity index (χ2v) is 4.44. The van der Waals surface area contributed by atoms with Gasteiger partial charge < -0.3 is 9.13 Å². The summed E-state index contributed by atoms with van der Waals surface area (Å²) in [6.45, 7) is 0.640. The van der Waals surface area contributed by atoms with Crippen molar-refractivity contribution in [2.75, 3.05) is 0 Å². The highest BCUT2D eigenvalue weighted by atomic mass is 16.6. The van der Waals surface area contributed by atoms with Crippen LogP contribution in [0.2, 0.25) is 0 Å². The third-order valence-corrected chi connectivity index (χ3v) is 3.22. The fraction of sp³-hybridized carbons (Fsp3) is 0.154. The second kappa shape index (κ2) is 4.24. The standard InChI is InChI=1S/C13H12N4O2/c1-15-9-14-7-12(15)8-16-5-4-10-2-3-11(17(18)19)6-13(10)16/h2-7,9H,8H2,1H3. The summed E-state index contributed by atoms with van der Waals surface area (Å²) in [7, 11) is 1.93. The van der Waals surface area contributed by atoms with Gasteiger partial charge in [-0.2, -0.15) is 0 Å². The third-order valence-electron chi connectivity index (χ3n) is 3.22. The molecule has 2 heterocycles. The van der Waals surface area contributed by atoms with Gasteiger partial charge in [0.25, 0.3) is 5.69 Å². The molecule has 0 amide bonds. The van der Waals surface area contributed by atoms with Gasteiger partial charge in [-0.1, -0.05) is 0 Å². The first-order chi connectivity index (χ1) is 9.15. The molecule has 0 fully saturated rings. The first-order valence-corrected chi connectivity index (χ1v) is 5.83. The number of aromatic nitrogens is 3. The van der Waals surface area contributed by atoms with Crippen LogP contribution in [0.3, 0.4) is 0 Å². The maximum atomic E-state index is 10.8. The molecule has 0 N–H and O–H groups in total. The van der Waals surface area contributed by atoms with E-state index in [1.54, 1.807) is 24.7 Å². The SMILES string of the molecule is Cn1cncc1Cn1ccc2ccc([N+](=O)[O-])cc21. The van der Waals surface area contributed by atoms with Crippen molar-refractivity contribution in [2.45, 2.75) is 6.54 Å². The van der Waals surface area contributed by atoms with Gasteiger partial charge in [0, 0.05) is 37.0 Å². The van der Waals surface area contributed by atoms with E-state index in [1.807, 2.05) is 28.4 Å². The summed E-state index contributed by atoms with van der Waals surface area (Å²) in [6, 6.07) is 6.85. The molecule has 6 nitrogen and oxygen atoms in total. The molecule has 0 aliphatic carbocycles. The van der Waals surface area contributed by atoms with Gasteiger partial charge in [0.1, 0.15) is 0 Å². The lowest BCUT2D eigenvalue weighted by Crippen LogP contribution is -2.03. The molecular weight excluding hydrogens is 244 g/mol. The molecule has 96 valence electrons. The highest BCUT2D eigenvalue weighted by Gasteiger charge is 2.10. The third kappa shape index (κ3) is 1.97. The molecule has 0 atom stereocenters. The summed E-state index contributed by atoms with van der Waals surface area (Å²) < 4.78 is 3.92. The molecule has 0 aliphatic heterocycles. The highest BCUT2D eigenvalue weighted by molar-refractivity contribution is 5.82. The molecule has 0 unspecified atom stereocenters. The van der Waals surface area contributed by atoms with Gasteiger partial charge >= 0.3 is 0 Å². The molecule has 0 saturated carbocycles. The number of aryl methyl sites for hydroxylation is 1. The van der Waals surface area contributed by atoms with Crippen LogP contribution < -0.4 is 0 Å². The minimum Gasteiger partial charge on any atom is -0.341 e. The van der Waals surface area contributed by atoms with Gasteiger partial charge in [0.2, 0.25) is 0 Å². The number of imidazole rings is 1. The summed E-state index contributed by atoms with van der Waals surface area (Å²) in [5.41, 5.74) is 2.01. The maximum absolute atomic E-state index is 10.8. The number of fused-ring (bicyclic) bond motifs is 1. The van der Waals surface area contributed by atoms with Crippen molar-refractivity contribution in [2.24, 2.45) is 7.05 Å². The van der Waals surface area contributed by atoms with Gasteiger partial charge in [-0.15, -0.1) is 0 Å². The zero-order valence-corrected chi connectivity index (χ0v) is 10.4. The van der Waals surface area contributed by atoms with Gasteiger partial charge in [-0.3, -0.25) is 10.1 Å². The predicted molar refractivity (Wildman–Crippen MR) is 70.9 cm³/mol. The Morgan fingerprint density at radius 2 is 2.21 bits per heavy atom. The number of hydrogen-bond acceptors (Lipinski definition) is 3. The second-order valence-electron chi connectivity index (χ2n) is 4.44. The molecule has 6 heteroatoms. The monoisotopic (exact) mass is 256 g/mol. The minimum atomic E-state index is -0.374. The summed E-state index contributed by atoms with van der Waals surface area (Å²) in [6.07, 6.45) is 5.47. The maximum Gasteiger partial charge on any atom is 0.271 e. The number of hydrogen-bond donors (Lipinski definition) is 0. The van der Waals surface area contributed by atoms with Crippen molar-refractivity contribution in [3.05, 3.63) is 58.8 Å². The van der Waals surface area contributed by atoms with E-state index in [0.29, 0.717) is 6.54 Å². The van der Waals surface area contributed by atoms with E-state index in [0.717, 1.165) is 16.6 Å². The van der Waals surface area contributed by atoms with Crippen LogP contribution >= 0.6 is 0 Å². The lowest BCUT2D eigenvalue weighted by molar-refractivity contribution is -0.384. The lowest BCUT2D eigenvalue weighted by atomic mass is 10.2. The molecule has 3 aromatic rings. The van der Waals surface area contributed by atoms with Crippen molar-refractivity contribution in [1.82, 2.24) is 14.1 Å². The van der Waals surface area contributed by atoms with Crippen LogP contribution in [0.5, 0.6) is 0 Å². The van der Waals surface area contributed by atoms with Gasteiger partial charge in [0.15, 0.2) is 0 Å². The van der Waals surface area contributed by atoms with Gasteiger partial charge in [0.05, 0.1) is 29.0 Å². The minimum absolute atomic E-state index is 0.109. The van der Waals surface area contributed by atoms with Crippen LogP contribution in [-0.2, 0) is 13.6 Å². The Kier molecular flexibility index (Phi) is 2.56. The van der Waals surface area contributed by atoms with Crippen molar-refractivity contribution in [3.8, 4) is 0 Å². The molecular formula is C13H12N4O2. The smallest absolute Gasteiger partial charge is 0.271 e. The fourth-order valence-electron chi connectivity index (χ4n) is 2.14. The van der Waals surface area contributed by atoms with E-state index in [-0.39, 0.29) is 10.6 Å². The number of non-ortho nitro benzene ring substituents is 1. The molecule has 0 bridgehead atoms. The topological polar surface area (TPSA) is 65.9 Å². The number of nitro groups is 1. The molecule has 2 aromatic heterocycles. The van der Waals surface area contributed by atoms with Gasteiger partial charge in [-0.05, 0) is 12.1 Å². The Morgan fingerprint density at radius 3 is 2.89 bits per heavy atom. The Labute approximate surface area is 109 Å². The number of benzene rings is 1. The fourth-order valence-corrected chi connectivity index (χ4v) is 2.14. The summed E-state index contributed by atoms with van der Waals surface area (Å²) in [4.78, 5) is 14.5. The zero-order valence-electron chi connectivity index (χ0n) is 10.4. The zero-order chi connectivity index (χ0) is 13.4. The van der Waals surface area contributed by atoms with E-state index >= 15 is 0 Å². The van der Waals surface area contributed by atoms with E-state index in [2.05, 4.69) is 4.98 Å². The molecule has 3 rings (SSSR count). The van der Waals surface area contributed by atoms with Crippen molar-refractivity contribution in [1.29, 1.82) is 0 Å². The van der Waals surface area contributed by atoms with Crippen molar-refractivity contribution >= 4 is 16.6 Å². The predicted octanol–water partition coefficient (Wildman–Crippen LogP) is 2.33. The number of rotatable bonds is 3. The summed E-state index contributed by atoms with van der Waals surface area (Å²) in [5, 5.41) is 11.8. The molecule has 0 spiro atoms. The van der Waals surface area contributed by atoms with E-state index in [9.17, 15) is 10.1 Å². The van der Waals surface area contributed by atoms with Crippen molar-refractivity contribution in [3.63, 3.8) is 0 Å². The van der Waals surface area contributed by atoms with Crippen LogP contribution in [0, 0.1) is 10.1 Å². The number of nitro benzene ring substituents is 1. The lowest BCUT2D eigenvalue weighted by Gasteiger charge is -2.06. The van der Waals surface area contributed by atoms with E-state index in [4.69, 9.17) is 0 Å². The first-order valence-electron chi connectivity index (χ1n) is 5.83. The number of nitrogens with zero attached hydrogens (tertiary/aromatic N) is 4. The summed E-state index contributed by atoms with van der Waals surface area (Å²) in [5.74, 6) is 0. The normalized spacial score (nSPS) is 11.0. The quantitative estimate of drug-likeness (QED) is 0.533. The van der Waals surface area contributed by atoms with Crippen LogP contribution in [0.4, 0.5) is 5.69 Å². The Bertz CT molecular complexity index is 757. The summed E-state index contributed by atoms with van der Waals surface area (Å²) >= 11 is 0. The average Bonchev–Trinajstić information content (AvgIpc) is 2.97.